The summed E-state index contributed by atoms with van der Waals surface area (Å²) in [6.07, 6.45) is 4.24. The van der Waals surface area contributed by atoms with E-state index in [1.54, 1.807) is 26.4 Å². The van der Waals surface area contributed by atoms with E-state index in [2.05, 4.69) is 6.58 Å². The molecule has 4 rings (SSSR count). The summed E-state index contributed by atoms with van der Waals surface area (Å²) in [4.78, 5) is 15.3. The number of nitrogens with zero attached hydrogens (tertiary/aromatic N) is 1. The van der Waals surface area contributed by atoms with E-state index >= 15 is 0 Å². The molecule has 1 fully saturated rings. The average Bonchev–Trinajstić information content (AvgIpc) is 3.16. The van der Waals surface area contributed by atoms with Gasteiger partial charge in [-0.3, -0.25) is 9.69 Å². The minimum absolute atomic E-state index is 0.168. The molecule has 0 saturated carbocycles. The minimum Gasteiger partial charge on any atom is -0.497 e. The van der Waals surface area contributed by atoms with Crippen molar-refractivity contribution < 1.29 is 19.0 Å². The Morgan fingerprint density at radius 2 is 1.77 bits per heavy atom. The molecule has 0 spiro atoms. The fourth-order valence-corrected chi connectivity index (χ4v) is 4.99. The molecule has 35 heavy (non-hydrogen) atoms. The molecule has 1 amide bonds. The van der Waals surface area contributed by atoms with Gasteiger partial charge in [0.1, 0.15) is 12.4 Å². The zero-order valence-corrected chi connectivity index (χ0v) is 21.2. The van der Waals surface area contributed by atoms with Gasteiger partial charge in [0.05, 0.1) is 24.8 Å². The fourth-order valence-electron chi connectivity index (χ4n) is 3.69. The zero-order valence-electron chi connectivity index (χ0n) is 19.5. The van der Waals surface area contributed by atoms with Gasteiger partial charge in [-0.1, -0.05) is 60.4 Å². The Bertz CT molecular complexity index is 1270. The van der Waals surface area contributed by atoms with Crippen molar-refractivity contribution in [1.82, 2.24) is 0 Å². The van der Waals surface area contributed by atoms with Gasteiger partial charge in [-0.25, -0.2) is 0 Å². The number of carbonyl (C=O) groups excluding carboxylic acids is 1. The van der Waals surface area contributed by atoms with Crippen LogP contribution in [-0.4, -0.2) is 24.4 Å². The summed E-state index contributed by atoms with van der Waals surface area (Å²) in [5, 5.41) is 0. The van der Waals surface area contributed by atoms with E-state index < -0.39 is 0 Å². The molecule has 0 aromatic heterocycles. The second kappa shape index (κ2) is 11.3. The van der Waals surface area contributed by atoms with E-state index in [4.69, 9.17) is 26.4 Å². The molecule has 178 valence electrons. The SMILES string of the molecule is C=CCc1cc(/C=C2/SC(=S)N(c3ccc(OC)cc3)C2=O)cc(OC)c1OCc1ccccc1. The molecule has 1 aliphatic heterocycles. The number of rotatable bonds is 9. The van der Waals surface area contributed by atoms with Crippen molar-refractivity contribution in [3.05, 3.63) is 101 Å². The molecule has 1 heterocycles. The Morgan fingerprint density at radius 3 is 2.43 bits per heavy atom. The molecule has 3 aromatic carbocycles. The third-order valence-corrected chi connectivity index (χ3v) is 6.69. The van der Waals surface area contributed by atoms with Gasteiger partial charge in [0, 0.05) is 5.56 Å². The monoisotopic (exact) mass is 503 g/mol. The lowest BCUT2D eigenvalue weighted by Gasteiger charge is -2.16. The highest BCUT2D eigenvalue weighted by molar-refractivity contribution is 8.27. The fraction of sp³-hybridized carbons (Fsp3) is 0.143. The van der Waals surface area contributed by atoms with E-state index in [9.17, 15) is 4.79 Å². The molecule has 0 radical (unpaired) electrons. The van der Waals surface area contributed by atoms with Crippen molar-refractivity contribution in [3.8, 4) is 17.2 Å². The molecule has 1 saturated heterocycles. The molecule has 0 aliphatic carbocycles. The summed E-state index contributed by atoms with van der Waals surface area (Å²) in [6, 6.07) is 21.1. The van der Waals surface area contributed by atoms with Crippen LogP contribution >= 0.6 is 24.0 Å². The maximum atomic E-state index is 13.2. The Hall–Kier alpha value is -3.55. The van der Waals surface area contributed by atoms with Gasteiger partial charge in [-0.2, -0.15) is 0 Å². The maximum Gasteiger partial charge on any atom is 0.270 e. The van der Waals surface area contributed by atoms with Crippen LogP contribution in [0.2, 0.25) is 0 Å². The predicted molar refractivity (Wildman–Crippen MR) is 146 cm³/mol. The Labute approximate surface area is 215 Å². The summed E-state index contributed by atoms with van der Waals surface area (Å²) >= 11 is 6.78. The highest BCUT2D eigenvalue weighted by Gasteiger charge is 2.33. The molecular weight excluding hydrogens is 478 g/mol. The van der Waals surface area contributed by atoms with Gasteiger partial charge in [0.15, 0.2) is 15.8 Å². The van der Waals surface area contributed by atoms with Crippen LogP contribution in [0.1, 0.15) is 16.7 Å². The predicted octanol–water partition coefficient (Wildman–Crippen LogP) is 6.42. The number of thiocarbonyl (C=S) groups is 1. The first-order chi connectivity index (χ1) is 17.0. The summed E-state index contributed by atoms with van der Waals surface area (Å²) < 4.78 is 17.5. The molecule has 3 aromatic rings. The first-order valence-electron chi connectivity index (χ1n) is 10.9. The summed E-state index contributed by atoms with van der Waals surface area (Å²) in [6.45, 7) is 4.30. The number of ether oxygens (including phenoxy) is 3. The lowest BCUT2D eigenvalue weighted by atomic mass is 10.0. The Balaban J connectivity index is 1.63. The van der Waals surface area contributed by atoms with Crippen molar-refractivity contribution in [1.29, 1.82) is 0 Å². The van der Waals surface area contributed by atoms with Crippen molar-refractivity contribution in [3.63, 3.8) is 0 Å². The Kier molecular flexibility index (Phi) is 7.90. The Morgan fingerprint density at radius 1 is 1.03 bits per heavy atom. The first kappa shape index (κ1) is 24.6. The smallest absolute Gasteiger partial charge is 0.270 e. The van der Waals surface area contributed by atoms with Crippen LogP contribution in [0.3, 0.4) is 0 Å². The lowest BCUT2D eigenvalue weighted by Crippen LogP contribution is -2.27. The molecule has 7 heteroatoms. The second-order valence-electron chi connectivity index (χ2n) is 7.69. The van der Waals surface area contributed by atoms with E-state index in [-0.39, 0.29) is 5.91 Å². The lowest BCUT2D eigenvalue weighted by molar-refractivity contribution is -0.113. The first-order valence-corrected chi connectivity index (χ1v) is 12.2. The third-order valence-electron chi connectivity index (χ3n) is 5.39. The van der Waals surface area contributed by atoms with Crippen LogP contribution in [0.15, 0.2) is 84.3 Å². The van der Waals surface area contributed by atoms with Gasteiger partial charge in [0.2, 0.25) is 0 Å². The number of benzene rings is 3. The van der Waals surface area contributed by atoms with E-state index in [0.717, 1.165) is 16.7 Å². The standard InChI is InChI=1S/C28H25NO4S2/c1-4-8-21-15-20(16-24(32-3)26(21)33-18-19-9-6-5-7-10-19)17-25-27(30)29(28(34)35-25)22-11-13-23(31-2)14-12-22/h4-7,9-17H,1,8,18H2,2-3H3/b25-17+. The van der Waals surface area contributed by atoms with E-state index in [0.29, 0.717) is 45.2 Å². The van der Waals surface area contributed by atoms with Crippen LogP contribution < -0.4 is 19.1 Å². The molecule has 0 N–H and O–H groups in total. The third kappa shape index (κ3) is 5.58. The summed E-state index contributed by atoms with van der Waals surface area (Å²) in [5.74, 6) is 1.81. The average molecular weight is 504 g/mol. The molecule has 0 atom stereocenters. The van der Waals surface area contributed by atoms with Crippen molar-refractivity contribution >= 4 is 46.0 Å². The van der Waals surface area contributed by atoms with Crippen LogP contribution in [0, 0.1) is 0 Å². The summed E-state index contributed by atoms with van der Waals surface area (Å²) in [7, 11) is 3.21. The number of hydrogen-bond donors (Lipinski definition) is 0. The van der Waals surface area contributed by atoms with E-state index in [1.165, 1.54) is 16.7 Å². The van der Waals surface area contributed by atoms with Crippen LogP contribution in [0.25, 0.3) is 6.08 Å². The number of methoxy groups -OCH3 is 2. The van der Waals surface area contributed by atoms with Crippen molar-refractivity contribution in [2.75, 3.05) is 19.1 Å². The number of amides is 1. The number of hydrogen-bond acceptors (Lipinski definition) is 6. The van der Waals surface area contributed by atoms with Crippen LogP contribution in [0.5, 0.6) is 17.2 Å². The normalized spacial score (nSPS) is 14.3. The topological polar surface area (TPSA) is 48.0 Å². The molecule has 5 nitrogen and oxygen atoms in total. The second-order valence-corrected chi connectivity index (χ2v) is 9.37. The van der Waals surface area contributed by atoms with Gasteiger partial charge >= 0.3 is 0 Å². The van der Waals surface area contributed by atoms with Gasteiger partial charge in [-0.05, 0) is 60.0 Å². The molecule has 1 aliphatic rings. The van der Waals surface area contributed by atoms with Crippen LogP contribution in [-0.2, 0) is 17.8 Å². The molecule has 0 bridgehead atoms. The summed E-state index contributed by atoms with van der Waals surface area (Å²) in [5.41, 5.74) is 3.50. The highest BCUT2D eigenvalue weighted by atomic mass is 32.2. The van der Waals surface area contributed by atoms with E-state index in [1.807, 2.05) is 66.7 Å². The van der Waals surface area contributed by atoms with Gasteiger partial charge < -0.3 is 14.2 Å². The van der Waals surface area contributed by atoms with Crippen molar-refractivity contribution in [2.24, 2.45) is 0 Å². The van der Waals surface area contributed by atoms with Gasteiger partial charge in [-0.15, -0.1) is 6.58 Å². The molecular formula is C28H25NO4S2. The highest BCUT2D eigenvalue weighted by Crippen LogP contribution is 2.39. The minimum atomic E-state index is -0.168. The quantitative estimate of drug-likeness (QED) is 0.191. The molecule has 0 unspecified atom stereocenters. The number of thioether (sulfide) groups is 1. The number of allylic oxidation sites excluding steroid dienone is 1. The van der Waals surface area contributed by atoms with Crippen LogP contribution in [0.4, 0.5) is 5.69 Å². The number of anilines is 1. The largest absolute Gasteiger partial charge is 0.497 e. The maximum absolute atomic E-state index is 13.2. The zero-order chi connectivity index (χ0) is 24.8. The number of carbonyl (C=O) groups is 1. The van der Waals surface area contributed by atoms with Gasteiger partial charge in [0.25, 0.3) is 5.91 Å². The van der Waals surface area contributed by atoms with Crippen molar-refractivity contribution in [2.45, 2.75) is 13.0 Å².